The molecule has 23 heavy (non-hydrogen) atoms. The number of amides is 1. The number of rotatable bonds is 5. The topological polar surface area (TPSA) is 71.5 Å². The van der Waals surface area contributed by atoms with Gasteiger partial charge in [0.25, 0.3) is 5.91 Å². The summed E-state index contributed by atoms with van der Waals surface area (Å²) >= 11 is 1.51. The Hall–Kier alpha value is -1.92. The second kappa shape index (κ2) is 7.10. The van der Waals surface area contributed by atoms with Crippen LogP contribution in [0.5, 0.6) is 5.75 Å². The molecule has 0 saturated heterocycles. The molecule has 3 rings (SSSR count). The van der Waals surface area contributed by atoms with Gasteiger partial charge in [-0.2, -0.15) is 0 Å². The second-order valence-electron chi connectivity index (χ2n) is 5.77. The minimum absolute atomic E-state index is 0.145. The normalized spacial score (nSPS) is 16.1. The minimum Gasteiger partial charge on any atom is -0.492 e. The van der Waals surface area contributed by atoms with Crippen molar-refractivity contribution in [1.29, 1.82) is 0 Å². The molecule has 1 aliphatic rings. The lowest BCUT2D eigenvalue weighted by atomic mass is 10.1. The maximum absolute atomic E-state index is 12.3. The molecule has 0 saturated carbocycles. The van der Waals surface area contributed by atoms with Crippen LogP contribution >= 0.6 is 11.3 Å². The van der Waals surface area contributed by atoms with E-state index in [1.807, 2.05) is 24.4 Å². The summed E-state index contributed by atoms with van der Waals surface area (Å²) in [5, 5.41) is 15.0. The number of hydrogen-bond donors (Lipinski definition) is 2. The molecule has 2 aromatic heterocycles. The first-order valence-corrected chi connectivity index (χ1v) is 8.65. The standard InChI is InChI=1S/C17H20N2O3S/c1-11(8-14(20)16-5-3-7-23-16)19-17(21)13-9-12-4-2-6-22-15(12)10-18-13/h3,5,7,9-11,14,20H,2,4,6,8H2,1H3,(H,19,21)/t11-,14+/m0/s1. The molecule has 2 N–H and O–H groups in total. The van der Waals surface area contributed by atoms with Gasteiger partial charge in [0.2, 0.25) is 0 Å². The SMILES string of the molecule is C[C@@H](C[C@@H](O)c1cccs1)NC(=O)c1cc2c(cn1)OCCC2. The molecule has 1 amide bonds. The number of aliphatic hydroxyl groups is 1. The van der Waals surface area contributed by atoms with Crippen molar-refractivity contribution in [1.82, 2.24) is 10.3 Å². The molecular weight excluding hydrogens is 312 g/mol. The van der Waals surface area contributed by atoms with Gasteiger partial charge in [-0.3, -0.25) is 4.79 Å². The Bertz CT molecular complexity index is 672. The summed E-state index contributed by atoms with van der Waals surface area (Å²) in [6.45, 7) is 2.59. The number of aromatic nitrogens is 1. The number of aryl methyl sites for hydroxylation is 1. The van der Waals surface area contributed by atoms with E-state index in [0.717, 1.165) is 29.0 Å². The molecule has 5 nitrogen and oxygen atoms in total. The highest BCUT2D eigenvalue weighted by atomic mass is 32.1. The van der Waals surface area contributed by atoms with Gasteiger partial charge in [0.15, 0.2) is 0 Å². The van der Waals surface area contributed by atoms with Crippen LogP contribution in [-0.2, 0) is 6.42 Å². The molecule has 0 fully saturated rings. The zero-order valence-electron chi connectivity index (χ0n) is 13.0. The summed E-state index contributed by atoms with van der Waals surface area (Å²) in [5.74, 6) is 0.554. The molecule has 122 valence electrons. The second-order valence-corrected chi connectivity index (χ2v) is 6.75. The van der Waals surface area contributed by atoms with Crippen molar-refractivity contribution in [2.45, 2.75) is 38.3 Å². The van der Waals surface area contributed by atoms with Gasteiger partial charge in [-0.25, -0.2) is 4.98 Å². The fourth-order valence-electron chi connectivity index (χ4n) is 2.67. The Morgan fingerprint density at radius 2 is 2.43 bits per heavy atom. The number of hydrogen-bond acceptors (Lipinski definition) is 5. The van der Waals surface area contributed by atoms with Crippen LogP contribution in [0, 0.1) is 0 Å². The molecule has 6 heteroatoms. The van der Waals surface area contributed by atoms with Crippen LogP contribution in [0.1, 0.15) is 46.8 Å². The summed E-state index contributed by atoms with van der Waals surface area (Å²) in [7, 11) is 0. The van der Waals surface area contributed by atoms with Crippen LogP contribution in [0.4, 0.5) is 0 Å². The summed E-state index contributed by atoms with van der Waals surface area (Å²) in [5.41, 5.74) is 1.43. The third kappa shape index (κ3) is 3.89. The molecule has 3 heterocycles. The van der Waals surface area contributed by atoms with Crippen molar-refractivity contribution < 1.29 is 14.6 Å². The third-order valence-electron chi connectivity index (χ3n) is 3.85. The third-order valence-corrected chi connectivity index (χ3v) is 4.83. The van der Waals surface area contributed by atoms with Gasteiger partial charge in [0.05, 0.1) is 18.9 Å². The molecular formula is C17H20N2O3S. The number of aliphatic hydroxyl groups excluding tert-OH is 1. The predicted molar refractivity (Wildman–Crippen MR) is 88.9 cm³/mol. The first-order valence-electron chi connectivity index (χ1n) is 7.77. The van der Waals surface area contributed by atoms with E-state index in [9.17, 15) is 9.90 Å². The van der Waals surface area contributed by atoms with Crippen molar-refractivity contribution in [3.63, 3.8) is 0 Å². The van der Waals surface area contributed by atoms with E-state index >= 15 is 0 Å². The summed E-state index contributed by atoms with van der Waals surface area (Å²) in [6.07, 6.45) is 3.40. The number of nitrogens with one attached hydrogen (secondary N) is 1. The van der Waals surface area contributed by atoms with Crippen molar-refractivity contribution in [2.24, 2.45) is 0 Å². The highest BCUT2D eigenvalue weighted by molar-refractivity contribution is 7.10. The number of pyridine rings is 1. The minimum atomic E-state index is -0.560. The Morgan fingerprint density at radius 1 is 1.57 bits per heavy atom. The fraction of sp³-hybridized carbons (Fsp3) is 0.412. The zero-order chi connectivity index (χ0) is 16.2. The number of fused-ring (bicyclic) bond motifs is 1. The van der Waals surface area contributed by atoms with Crippen molar-refractivity contribution in [3.8, 4) is 5.75 Å². The molecule has 2 atom stereocenters. The van der Waals surface area contributed by atoms with Gasteiger partial charge in [-0.15, -0.1) is 11.3 Å². The van der Waals surface area contributed by atoms with Crippen molar-refractivity contribution >= 4 is 17.2 Å². The van der Waals surface area contributed by atoms with Crippen molar-refractivity contribution in [2.75, 3.05) is 6.61 Å². The number of thiophene rings is 1. The number of carbonyl (C=O) groups excluding carboxylic acids is 1. The predicted octanol–water partition coefficient (Wildman–Crippen LogP) is 2.71. The molecule has 2 aromatic rings. The van der Waals surface area contributed by atoms with Crippen LogP contribution in [0.15, 0.2) is 29.8 Å². The van der Waals surface area contributed by atoms with E-state index in [0.29, 0.717) is 18.7 Å². The molecule has 0 radical (unpaired) electrons. The van der Waals surface area contributed by atoms with Crippen LogP contribution in [0.25, 0.3) is 0 Å². The highest BCUT2D eigenvalue weighted by Crippen LogP contribution is 2.25. The summed E-state index contributed by atoms with van der Waals surface area (Å²) in [4.78, 5) is 17.4. The molecule has 0 aliphatic carbocycles. The van der Waals surface area contributed by atoms with Gasteiger partial charge in [-0.05, 0) is 49.3 Å². The molecule has 0 unspecified atom stereocenters. The largest absolute Gasteiger partial charge is 0.492 e. The average Bonchev–Trinajstić information content (AvgIpc) is 3.08. The lowest BCUT2D eigenvalue weighted by Crippen LogP contribution is -2.34. The van der Waals surface area contributed by atoms with Gasteiger partial charge >= 0.3 is 0 Å². The average molecular weight is 332 g/mol. The molecule has 1 aliphatic heterocycles. The Morgan fingerprint density at radius 3 is 3.22 bits per heavy atom. The zero-order valence-corrected chi connectivity index (χ0v) is 13.8. The monoisotopic (exact) mass is 332 g/mol. The van der Waals surface area contributed by atoms with Gasteiger partial charge in [-0.1, -0.05) is 6.07 Å². The quantitative estimate of drug-likeness (QED) is 0.883. The van der Waals surface area contributed by atoms with Crippen molar-refractivity contribution in [3.05, 3.63) is 45.9 Å². The highest BCUT2D eigenvalue weighted by Gasteiger charge is 2.18. The number of ether oxygens (including phenoxy) is 1. The van der Waals surface area contributed by atoms with E-state index < -0.39 is 6.10 Å². The Kier molecular flexibility index (Phi) is 4.93. The number of nitrogens with zero attached hydrogens (tertiary/aromatic N) is 1. The fourth-order valence-corrected chi connectivity index (χ4v) is 3.39. The first kappa shape index (κ1) is 16.0. The summed E-state index contributed by atoms with van der Waals surface area (Å²) in [6, 6.07) is 5.46. The van der Waals surface area contributed by atoms with Crippen LogP contribution in [0.2, 0.25) is 0 Å². The smallest absolute Gasteiger partial charge is 0.270 e. The van der Waals surface area contributed by atoms with Crippen LogP contribution in [0.3, 0.4) is 0 Å². The van der Waals surface area contributed by atoms with E-state index in [4.69, 9.17) is 4.74 Å². The maximum Gasteiger partial charge on any atom is 0.270 e. The first-order chi connectivity index (χ1) is 11.1. The van der Waals surface area contributed by atoms with Gasteiger partial charge < -0.3 is 15.2 Å². The van der Waals surface area contributed by atoms with Gasteiger partial charge in [0, 0.05) is 10.9 Å². The van der Waals surface area contributed by atoms with E-state index in [2.05, 4.69) is 10.3 Å². The molecule has 0 aromatic carbocycles. The lowest BCUT2D eigenvalue weighted by Gasteiger charge is -2.19. The van der Waals surface area contributed by atoms with E-state index in [-0.39, 0.29) is 11.9 Å². The van der Waals surface area contributed by atoms with Gasteiger partial charge in [0.1, 0.15) is 11.4 Å². The maximum atomic E-state index is 12.3. The molecule has 0 spiro atoms. The molecule has 0 bridgehead atoms. The summed E-state index contributed by atoms with van der Waals surface area (Å²) < 4.78 is 5.51. The Balaban J connectivity index is 1.60. The number of carbonyl (C=O) groups is 1. The van der Waals surface area contributed by atoms with Crippen LogP contribution in [-0.4, -0.2) is 28.6 Å². The van der Waals surface area contributed by atoms with Crippen LogP contribution < -0.4 is 10.1 Å². The van der Waals surface area contributed by atoms with E-state index in [1.54, 1.807) is 12.3 Å². The Labute approximate surface area is 139 Å². The van der Waals surface area contributed by atoms with E-state index in [1.165, 1.54) is 11.3 Å². The lowest BCUT2D eigenvalue weighted by molar-refractivity contribution is 0.0913.